The fraction of sp³-hybridized carbons (Fsp3) is 0.538. The third-order valence-corrected chi connectivity index (χ3v) is 5.52. The Labute approximate surface area is 129 Å². The molecule has 0 amide bonds. The molecule has 0 heterocycles. The lowest BCUT2D eigenvalue weighted by molar-refractivity contribution is 0.101. The van der Waals surface area contributed by atoms with Crippen LogP contribution >= 0.6 is 23.2 Å². The van der Waals surface area contributed by atoms with Crippen LogP contribution < -0.4 is 4.72 Å². The van der Waals surface area contributed by atoms with Gasteiger partial charge in [0.2, 0.25) is 10.0 Å². The van der Waals surface area contributed by atoms with E-state index >= 15 is 0 Å². The topological polar surface area (TPSA) is 66.4 Å². The van der Waals surface area contributed by atoms with Gasteiger partial charge in [0, 0.05) is 6.04 Å². The minimum absolute atomic E-state index is 0.174. The predicted molar refractivity (Wildman–Crippen MR) is 80.5 cm³/mol. The van der Waals surface area contributed by atoms with E-state index in [1.165, 1.54) is 0 Å². The summed E-state index contributed by atoms with van der Waals surface area (Å²) in [5.74, 6) is -0.174. The van der Waals surface area contributed by atoms with Crippen molar-refractivity contribution in [1.82, 2.24) is 4.72 Å². The van der Waals surface area contributed by atoms with Crippen LogP contribution in [0.3, 0.4) is 0 Å². The SMILES string of the molecule is O=S(=O)(Cc1ccc(Cl)c(Cl)c1)NC1CCCCC1O. The number of nitrogens with one attached hydrogen (secondary N) is 1. The van der Waals surface area contributed by atoms with E-state index in [9.17, 15) is 13.5 Å². The van der Waals surface area contributed by atoms with Crippen molar-refractivity contribution in [3.63, 3.8) is 0 Å². The van der Waals surface area contributed by atoms with Crippen molar-refractivity contribution in [3.8, 4) is 0 Å². The number of hydrogen-bond donors (Lipinski definition) is 2. The van der Waals surface area contributed by atoms with Gasteiger partial charge >= 0.3 is 0 Å². The molecule has 2 N–H and O–H groups in total. The maximum atomic E-state index is 12.1. The van der Waals surface area contributed by atoms with Crippen LogP contribution in [0, 0.1) is 0 Å². The molecule has 7 heteroatoms. The Balaban J connectivity index is 2.04. The van der Waals surface area contributed by atoms with Crippen molar-refractivity contribution < 1.29 is 13.5 Å². The fourth-order valence-electron chi connectivity index (χ4n) is 2.37. The highest BCUT2D eigenvalue weighted by Gasteiger charge is 2.27. The van der Waals surface area contributed by atoms with Gasteiger partial charge in [-0.1, -0.05) is 42.1 Å². The van der Waals surface area contributed by atoms with Crippen LogP contribution in [0.15, 0.2) is 18.2 Å². The van der Waals surface area contributed by atoms with Gasteiger partial charge in [-0.25, -0.2) is 13.1 Å². The largest absolute Gasteiger partial charge is 0.391 e. The lowest BCUT2D eigenvalue weighted by atomic mass is 9.93. The molecule has 0 aromatic heterocycles. The standard InChI is InChI=1S/C13H17Cl2NO3S/c14-10-6-5-9(7-11(10)15)8-20(18,19)16-12-3-1-2-4-13(12)17/h5-7,12-13,16-17H,1-4,8H2. The molecule has 1 fully saturated rings. The molecule has 0 spiro atoms. The Morgan fingerprint density at radius 3 is 2.55 bits per heavy atom. The highest BCUT2D eigenvalue weighted by Crippen LogP contribution is 2.24. The van der Waals surface area contributed by atoms with E-state index in [-0.39, 0.29) is 5.75 Å². The van der Waals surface area contributed by atoms with E-state index in [4.69, 9.17) is 23.2 Å². The average molecular weight is 338 g/mol. The monoisotopic (exact) mass is 337 g/mol. The van der Waals surface area contributed by atoms with Crippen LogP contribution in [0.2, 0.25) is 10.0 Å². The first-order valence-corrected chi connectivity index (χ1v) is 8.90. The van der Waals surface area contributed by atoms with Crippen molar-refractivity contribution >= 4 is 33.2 Å². The molecule has 2 rings (SSSR count). The summed E-state index contributed by atoms with van der Waals surface area (Å²) in [6.07, 6.45) is 2.57. The zero-order chi connectivity index (χ0) is 14.8. The van der Waals surface area contributed by atoms with Gasteiger partial charge in [-0.3, -0.25) is 0 Å². The van der Waals surface area contributed by atoms with Crippen molar-refractivity contribution in [3.05, 3.63) is 33.8 Å². The Hall–Kier alpha value is -0.330. The molecule has 0 radical (unpaired) electrons. The number of benzene rings is 1. The van der Waals surface area contributed by atoms with Gasteiger partial charge in [-0.15, -0.1) is 0 Å². The number of sulfonamides is 1. The maximum absolute atomic E-state index is 12.1. The fourth-order valence-corrected chi connectivity index (χ4v) is 4.13. The number of hydrogen-bond acceptors (Lipinski definition) is 3. The molecule has 1 aromatic carbocycles. The second-order valence-electron chi connectivity index (χ2n) is 5.08. The summed E-state index contributed by atoms with van der Waals surface area (Å²) in [4.78, 5) is 0. The molecule has 2 atom stereocenters. The van der Waals surface area contributed by atoms with Crippen LogP contribution in [-0.4, -0.2) is 25.7 Å². The third kappa shape index (κ3) is 4.33. The molecule has 1 aromatic rings. The van der Waals surface area contributed by atoms with Crippen molar-refractivity contribution in [1.29, 1.82) is 0 Å². The molecule has 0 bridgehead atoms. The van der Waals surface area contributed by atoms with Crippen molar-refractivity contribution in [2.45, 2.75) is 43.6 Å². The molecule has 0 saturated heterocycles. The first-order chi connectivity index (χ1) is 9.37. The first-order valence-electron chi connectivity index (χ1n) is 6.49. The first kappa shape index (κ1) is 16.0. The lowest BCUT2D eigenvalue weighted by Gasteiger charge is -2.28. The quantitative estimate of drug-likeness (QED) is 0.887. The van der Waals surface area contributed by atoms with E-state index < -0.39 is 22.2 Å². The molecule has 112 valence electrons. The van der Waals surface area contributed by atoms with Gasteiger partial charge in [0.1, 0.15) is 0 Å². The highest BCUT2D eigenvalue weighted by atomic mass is 35.5. The normalized spacial score (nSPS) is 23.8. The van der Waals surface area contributed by atoms with Gasteiger partial charge in [-0.2, -0.15) is 0 Å². The maximum Gasteiger partial charge on any atom is 0.216 e. The molecule has 1 aliphatic carbocycles. The van der Waals surface area contributed by atoms with E-state index in [1.807, 2.05) is 0 Å². The highest BCUT2D eigenvalue weighted by molar-refractivity contribution is 7.88. The smallest absolute Gasteiger partial charge is 0.216 e. The molecule has 1 saturated carbocycles. The summed E-state index contributed by atoms with van der Waals surface area (Å²) in [7, 11) is -3.51. The van der Waals surface area contributed by atoms with Crippen molar-refractivity contribution in [2.24, 2.45) is 0 Å². The summed E-state index contributed by atoms with van der Waals surface area (Å²) in [5, 5.41) is 10.5. The summed E-state index contributed by atoms with van der Waals surface area (Å²) in [5.41, 5.74) is 0.567. The zero-order valence-electron chi connectivity index (χ0n) is 10.9. The van der Waals surface area contributed by atoms with E-state index in [0.29, 0.717) is 28.5 Å². The second kappa shape index (κ2) is 6.62. The summed E-state index contributed by atoms with van der Waals surface area (Å²) >= 11 is 11.7. The van der Waals surface area contributed by atoms with Gasteiger partial charge in [0.15, 0.2) is 0 Å². The number of halogens is 2. The molecular formula is C13H17Cl2NO3S. The minimum atomic E-state index is -3.51. The second-order valence-corrected chi connectivity index (χ2v) is 7.65. The van der Waals surface area contributed by atoms with Gasteiger partial charge in [0.05, 0.1) is 21.9 Å². The van der Waals surface area contributed by atoms with Crippen LogP contribution in [0.25, 0.3) is 0 Å². The third-order valence-electron chi connectivity index (χ3n) is 3.40. The zero-order valence-corrected chi connectivity index (χ0v) is 13.2. The van der Waals surface area contributed by atoms with Crippen LogP contribution in [0.4, 0.5) is 0 Å². The number of rotatable bonds is 4. The Morgan fingerprint density at radius 2 is 1.90 bits per heavy atom. The summed E-state index contributed by atoms with van der Waals surface area (Å²) in [6, 6.07) is 4.35. The minimum Gasteiger partial charge on any atom is -0.391 e. The summed E-state index contributed by atoms with van der Waals surface area (Å²) in [6.45, 7) is 0. The van der Waals surface area contributed by atoms with E-state index in [0.717, 1.165) is 12.8 Å². The van der Waals surface area contributed by atoms with Gasteiger partial charge < -0.3 is 5.11 Å². The number of aliphatic hydroxyl groups excluding tert-OH is 1. The lowest BCUT2D eigenvalue weighted by Crippen LogP contribution is -2.45. The Kier molecular flexibility index (Phi) is 5.31. The van der Waals surface area contributed by atoms with Crippen LogP contribution in [0.5, 0.6) is 0 Å². The van der Waals surface area contributed by atoms with Gasteiger partial charge in [0.25, 0.3) is 0 Å². The molecule has 20 heavy (non-hydrogen) atoms. The Morgan fingerprint density at radius 1 is 1.20 bits per heavy atom. The number of aliphatic hydroxyl groups is 1. The molecular weight excluding hydrogens is 321 g/mol. The van der Waals surface area contributed by atoms with Gasteiger partial charge in [-0.05, 0) is 30.5 Å². The molecule has 2 unspecified atom stereocenters. The van der Waals surface area contributed by atoms with E-state index in [2.05, 4.69) is 4.72 Å². The summed E-state index contributed by atoms with van der Waals surface area (Å²) < 4.78 is 26.8. The van der Waals surface area contributed by atoms with Crippen molar-refractivity contribution in [2.75, 3.05) is 0 Å². The predicted octanol–water partition coefficient (Wildman–Crippen LogP) is 2.72. The molecule has 1 aliphatic rings. The van der Waals surface area contributed by atoms with Crippen LogP contribution in [-0.2, 0) is 15.8 Å². The Bertz CT molecular complexity index is 577. The van der Waals surface area contributed by atoms with Crippen LogP contribution in [0.1, 0.15) is 31.2 Å². The molecule has 4 nitrogen and oxygen atoms in total. The molecule has 0 aliphatic heterocycles. The van der Waals surface area contributed by atoms with E-state index in [1.54, 1.807) is 18.2 Å². The average Bonchev–Trinajstić information content (AvgIpc) is 2.36.